The van der Waals surface area contributed by atoms with E-state index in [4.69, 9.17) is 8.83 Å². The highest BCUT2D eigenvalue weighted by molar-refractivity contribution is 6.09. The number of amides is 3. The minimum atomic E-state index is -1.40. The molecule has 196 valence electrons. The maximum absolute atomic E-state index is 15.2. The van der Waals surface area contributed by atoms with E-state index in [0.29, 0.717) is 16.8 Å². The summed E-state index contributed by atoms with van der Waals surface area (Å²) in [5.74, 6) is -2.00. The van der Waals surface area contributed by atoms with Crippen LogP contribution in [0.2, 0.25) is 0 Å². The molecule has 0 unspecified atom stereocenters. The summed E-state index contributed by atoms with van der Waals surface area (Å²) in [5, 5.41) is 6.78. The first-order valence-corrected chi connectivity index (χ1v) is 12.2. The summed E-state index contributed by atoms with van der Waals surface area (Å²) in [7, 11) is 0. The van der Waals surface area contributed by atoms with Gasteiger partial charge in [0, 0.05) is 10.9 Å². The summed E-state index contributed by atoms with van der Waals surface area (Å²) in [6, 6.07) is 23.4. The van der Waals surface area contributed by atoms with E-state index in [2.05, 4.69) is 10.6 Å². The summed E-state index contributed by atoms with van der Waals surface area (Å²) >= 11 is 0. The molecule has 5 rings (SSSR count). The van der Waals surface area contributed by atoms with E-state index >= 15 is 4.39 Å². The van der Waals surface area contributed by atoms with Gasteiger partial charge in [-0.05, 0) is 41.8 Å². The van der Waals surface area contributed by atoms with E-state index in [9.17, 15) is 14.4 Å². The van der Waals surface area contributed by atoms with Crippen molar-refractivity contribution < 1.29 is 27.6 Å². The van der Waals surface area contributed by atoms with Crippen molar-refractivity contribution in [3.63, 3.8) is 0 Å². The minimum Gasteiger partial charge on any atom is -0.467 e. The number of benzene rings is 3. The normalized spacial score (nSPS) is 11.6. The first-order chi connectivity index (χ1) is 19.0. The molecule has 0 bridgehead atoms. The minimum absolute atomic E-state index is 0.00640. The van der Waals surface area contributed by atoms with Crippen LogP contribution in [0, 0.1) is 5.82 Å². The zero-order chi connectivity index (χ0) is 27.2. The fourth-order valence-corrected chi connectivity index (χ4v) is 4.35. The maximum atomic E-state index is 15.2. The molecule has 0 fully saturated rings. The van der Waals surface area contributed by atoms with Crippen molar-refractivity contribution in [2.24, 2.45) is 0 Å². The van der Waals surface area contributed by atoms with E-state index in [0.717, 1.165) is 5.39 Å². The Balaban J connectivity index is 1.58. The highest BCUT2D eigenvalue weighted by Crippen LogP contribution is 2.34. The van der Waals surface area contributed by atoms with Crippen molar-refractivity contribution in [2.75, 3.05) is 11.4 Å². The van der Waals surface area contributed by atoms with Gasteiger partial charge in [0.2, 0.25) is 11.8 Å². The molecule has 0 saturated heterocycles. The van der Waals surface area contributed by atoms with Crippen molar-refractivity contribution in [3.8, 4) is 0 Å². The Morgan fingerprint density at radius 2 is 1.54 bits per heavy atom. The topological polar surface area (TPSA) is 105 Å². The van der Waals surface area contributed by atoms with Gasteiger partial charge < -0.3 is 19.5 Å². The van der Waals surface area contributed by atoms with Crippen molar-refractivity contribution in [1.29, 1.82) is 0 Å². The van der Waals surface area contributed by atoms with Crippen LogP contribution in [0.4, 0.5) is 10.1 Å². The molecule has 0 aliphatic heterocycles. The second-order valence-corrected chi connectivity index (χ2v) is 8.64. The first kappa shape index (κ1) is 25.5. The standard InChI is InChI=1S/C30H24FN3O5/c31-24-13-4-3-12-23(24)28(30(37)32-18-21-10-6-16-38-21)34(25-14-5-9-20-8-1-2-11-22(20)25)27(35)19-33-29(36)26-15-7-17-39-26/h1-17,28H,18-19H2,(H,32,37)(H,33,36)/t28-/m0/s1. The molecule has 8 nitrogen and oxygen atoms in total. The second kappa shape index (κ2) is 11.5. The zero-order valence-electron chi connectivity index (χ0n) is 20.7. The molecule has 2 aromatic heterocycles. The molecule has 0 saturated carbocycles. The van der Waals surface area contributed by atoms with Gasteiger partial charge in [-0.15, -0.1) is 0 Å². The van der Waals surface area contributed by atoms with Crippen LogP contribution in [0.3, 0.4) is 0 Å². The number of hydrogen-bond donors (Lipinski definition) is 2. The molecule has 0 aliphatic rings. The van der Waals surface area contributed by atoms with Gasteiger partial charge in [0.1, 0.15) is 17.6 Å². The third kappa shape index (κ3) is 5.57. The highest BCUT2D eigenvalue weighted by Gasteiger charge is 2.35. The number of rotatable bonds is 9. The van der Waals surface area contributed by atoms with Crippen LogP contribution in [0.5, 0.6) is 0 Å². The fourth-order valence-electron chi connectivity index (χ4n) is 4.35. The molecule has 0 aliphatic carbocycles. The molecule has 9 heteroatoms. The molecule has 0 radical (unpaired) electrons. The molecule has 39 heavy (non-hydrogen) atoms. The second-order valence-electron chi connectivity index (χ2n) is 8.64. The Hall–Kier alpha value is -5.18. The Morgan fingerprint density at radius 3 is 2.31 bits per heavy atom. The van der Waals surface area contributed by atoms with E-state index < -0.39 is 36.1 Å². The predicted octanol–water partition coefficient (Wildman–Crippen LogP) is 4.99. The molecule has 3 amide bonds. The number of carbonyl (C=O) groups excluding carboxylic acids is 3. The maximum Gasteiger partial charge on any atom is 0.287 e. The SMILES string of the molecule is O=C(NCC(=O)N(c1cccc2ccccc12)[C@H](C(=O)NCc1ccco1)c1ccccc1F)c1ccco1. The average Bonchev–Trinajstić information content (AvgIpc) is 3.69. The van der Waals surface area contributed by atoms with Crippen molar-refractivity contribution in [3.05, 3.63) is 126 Å². The van der Waals surface area contributed by atoms with Gasteiger partial charge in [0.25, 0.3) is 5.91 Å². The number of anilines is 1. The van der Waals surface area contributed by atoms with Crippen LogP contribution >= 0.6 is 0 Å². The van der Waals surface area contributed by atoms with E-state index in [1.807, 2.05) is 30.3 Å². The number of nitrogens with zero attached hydrogens (tertiary/aromatic N) is 1. The number of hydrogen-bond acceptors (Lipinski definition) is 5. The van der Waals surface area contributed by atoms with Crippen LogP contribution in [-0.2, 0) is 16.1 Å². The van der Waals surface area contributed by atoms with Gasteiger partial charge in [-0.1, -0.05) is 54.6 Å². The number of halogens is 1. The first-order valence-electron chi connectivity index (χ1n) is 12.2. The van der Waals surface area contributed by atoms with Gasteiger partial charge in [-0.25, -0.2) is 4.39 Å². The number of carbonyl (C=O) groups is 3. The predicted molar refractivity (Wildman–Crippen MR) is 142 cm³/mol. The van der Waals surface area contributed by atoms with Crippen molar-refractivity contribution in [2.45, 2.75) is 12.6 Å². The molecule has 1 atom stereocenters. The Bertz CT molecular complexity index is 1590. The number of fused-ring (bicyclic) bond motifs is 1. The lowest BCUT2D eigenvalue weighted by molar-refractivity contribution is -0.126. The molecular weight excluding hydrogens is 501 g/mol. The van der Waals surface area contributed by atoms with Gasteiger partial charge in [0.15, 0.2) is 5.76 Å². The summed E-state index contributed by atoms with van der Waals surface area (Å²) < 4.78 is 25.7. The molecule has 3 aromatic carbocycles. The van der Waals surface area contributed by atoms with Crippen molar-refractivity contribution >= 4 is 34.2 Å². The lowest BCUT2D eigenvalue weighted by atomic mass is 10.00. The summed E-state index contributed by atoms with van der Waals surface area (Å²) in [6.07, 6.45) is 2.82. The highest BCUT2D eigenvalue weighted by atomic mass is 19.1. The number of furan rings is 2. The van der Waals surface area contributed by atoms with Crippen LogP contribution in [-0.4, -0.2) is 24.3 Å². The summed E-state index contributed by atoms with van der Waals surface area (Å²) in [5.41, 5.74) is 0.375. The Morgan fingerprint density at radius 1 is 0.795 bits per heavy atom. The summed E-state index contributed by atoms with van der Waals surface area (Å²) in [6.45, 7) is -0.442. The Kier molecular flexibility index (Phi) is 7.49. The molecule has 2 N–H and O–H groups in total. The van der Waals surface area contributed by atoms with Crippen LogP contribution < -0.4 is 15.5 Å². The van der Waals surface area contributed by atoms with Crippen molar-refractivity contribution in [1.82, 2.24) is 10.6 Å². The van der Waals surface area contributed by atoms with E-state index in [1.165, 1.54) is 41.7 Å². The smallest absolute Gasteiger partial charge is 0.287 e. The van der Waals surface area contributed by atoms with Gasteiger partial charge >= 0.3 is 0 Å². The van der Waals surface area contributed by atoms with Gasteiger partial charge in [-0.3, -0.25) is 19.3 Å². The van der Waals surface area contributed by atoms with Gasteiger partial charge in [0.05, 0.1) is 31.3 Å². The van der Waals surface area contributed by atoms with E-state index in [-0.39, 0.29) is 17.9 Å². The largest absolute Gasteiger partial charge is 0.467 e. The monoisotopic (exact) mass is 525 g/mol. The Labute approximate surface area is 223 Å². The van der Waals surface area contributed by atoms with Crippen LogP contribution in [0.1, 0.15) is 27.9 Å². The molecule has 5 aromatic rings. The molecule has 0 spiro atoms. The zero-order valence-corrected chi connectivity index (χ0v) is 20.7. The quantitative estimate of drug-likeness (QED) is 0.282. The number of nitrogens with one attached hydrogen (secondary N) is 2. The third-order valence-corrected chi connectivity index (χ3v) is 6.16. The van der Waals surface area contributed by atoms with Gasteiger partial charge in [-0.2, -0.15) is 0 Å². The third-order valence-electron chi connectivity index (χ3n) is 6.16. The lowest BCUT2D eigenvalue weighted by Crippen LogP contribution is -2.48. The van der Waals surface area contributed by atoms with E-state index in [1.54, 1.807) is 36.4 Å². The van der Waals surface area contributed by atoms with Crippen LogP contribution in [0.25, 0.3) is 10.8 Å². The molecular formula is C30H24FN3O5. The average molecular weight is 526 g/mol. The lowest BCUT2D eigenvalue weighted by Gasteiger charge is -2.32. The van der Waals surface area contributed by atoms with Crippen LogP contribution in [0.15, 0.2) is 112 Å². The molecule has 2 heterocycles. The fraction of sp³-hybridized carbons (Fsp3) is 0.100. The summed E-state index contributed by atoms with van der Waals surface area (Å²) in [4.78, 5) is 41.4.